The Kier molecular flexibility index (Phi) is 4.57. The quantitative estimate of drug-likeness (QED) is 0.297. The molecule has 5 nitrogen and oxygen atoms in total. The van der Waals surface area contributed by atoms with Crippen LogP contribution in [0.25, 0.3) is 0 Å². The normalized spacial score (nSPS) is 11.6. The van der Waals surface area contributed by atoms with Crippen LogP contribution in [0.15, 0.2) is 40.8 Å². The number of rotatable bonds is 4. The maximum Gasteiger partial charge on any atom is 0.190 e. The molecule has 0 bridgehead atoms. The third-order valence-electron chi connectivity index (χ3n) is 2.67. The molecule has 0 radical (unpaired) electrons. The van der Waals surface area contributed by atoms with Gasteiger partial charge in [0.1, 0.15) is 10.7 Å². The fraction of sp³-hybridized carbons (Fsp3) is 0.214. The maximum absolute atomic E-state index is 8.55. The molecule has 0 atom stereocenters. The molecule has 1 aromatic carbocycles. The van der Waals surface area contributed by atoms with Crippen molar-refractivity contribution in [2.24, 2.45) is 10.9 Å². The molecule has 3 N–H and O–H groups in total. The molecule has 0 saturated carbocycles. The number of thioether (sulfide) groups is 1. The van der Waals surface area contributed by atoms with Gasteiger partial charge in [0.15, 0.2) is 5.84 Å². The van der Waals surface area contributed by atoms with Gasteiger partial charge in [-0.25, -0.2) is 9.97 Å². The Hall–Kier alpha value is -2.08. The highest BCUT2D eigenvalue weighted by Crippen LogP contribution is 2.21. The van der Waals surface area contributed by atoms with Crippen LogP contribution >= 0.6 is 11.8 Å². The van der Waals surface area contributed by atoms with Crippen molar-refractivity contribution in [1.29, 1.82) is 0 Å². The predicted molar refractivity (Wildman–Crippen MR) is 80.0 cm³/mol. The smallest absolute Gasteiger partial charge is 0.190 e. The molecular formula is C14H16N4OS. The van der Waals surface area contributed by atoms with Gasteiger partial charge in [-0.1, -0.05) is 34.5 Å². The van der Waals surface area contributed by atoms with E-state index in [0.717, 1.165) is 10.8 Å². The molecule has 1 heterocycles. The number of hydrogen-bond acceptors (Lipinski definition) is 5. The first-order valence-electron chi connectivity index (χ1n) is 6.08. The first-order valence-corrected chi connectivity index (χ1v) is 7.07. The first kappa shape index (κ1) is 14.3. The summed E-state index contributed by atoms with van der Waals surface area (Å²) in [6.07, 6.45) is 3.12. The Morgan fingerprint density at radius 3 is 2.45 bits per heavy atom. The molecule has 0 saturated heterocycles. The molecule has 2 aromatic rings. The van der Waals surface area contributed by atoms with Crippen molar-refractivity contribution in [3.05, 3.63) is 53.0 Å². The number of amidine groups is 1. The summed E-state index contributed by atoms with van der Waals surface area (Å²) in [4.78, 5) is 8.33. The van der Waals surface area contributed by atoms with E-state index in [1.165, 1.54) is 22.9 Å². The second kappa shape index (κ2) is 6.38. The van der Waals surface area contributed by atoms with Gasteiger partial charge in [-0.2, -0.15) is 0 Å². The van der Waals surface area contributed by atoms with Crippen molar-refractivity contribution < 1.29 is 5.21 Å². The van der Waals surface area contributed by atoms with E-state index in [4.69, 9.17) is 10.9 Å². The highest BCUT2D eigenvalue weighted by molar-refractivity contribution is 7.98. The van der Waals surface area contributed by atoms with E-state index in [1.54, 1.807) is 18.0 Å². The van der Waals surface area contributed by atoms with Crippen LogP contribution in [0.3, 0.4) is 0 Å². The molecule has 6 heteroatoms. The van der Waals surface area contributed by atoms with Crippen molar-refractivity contribution in [1.82, 2.24) is 9.97 Å². The van der Waals surface area contributed by atoms with Gasteiger partial charge in [-0.15, -0.1) is 11.8 Å². The van der Waals surface area contributed by atoms with E-state index in [2.05, 4.69) is 47.2 Å². The topological polar surface area (TPSA) is 84.4 Å². The second-order valence-corrected chi connectivity index (χ2v) is 5.51. The zero-order chi connectivity index (χ0) is 14.5. The molecular weight excluding hydrogens is 272 g/mol. The van der Waals surface area contributed by atoms with Crippen LogP contribution in [0.1, 0.15) is 22.4 Å². The molecule has 0 spiro atoms. The lowest BCUT2D eigenvalue weighted by atomic mass is 10.1. The summed E-state index contributed by atoms with van der Waals surface area (Å²) in [6.45, 7) is 4.18. The molecule has 20 heavy (non-hydrogen) atoms. The minimum atomic E-state index is -0.0386. The van der Waals surface area contributed by atoms with E-state index in [1.807, 2.05) is 0 Å². The van der Waals surface area contributed by atoms with Crippen molar-refractivity contribution in [2.75, 3.05) is 0 Å². The highest BCUT2D eigenvalue weighted by atomic mass is 32.2. The lowest BCUT2D eigenvalue weighted by molar-refractivity contribution is 0.318. The van der Waals surface area contributed by atoms with Gasteiger partial charge in [0.25, 0.3) is 0 Å². The van der Waals surface area contributed by atoms with Crippen molar-refractivity contribution in [2.45, 2.75) is 24.6 Å². The van der Waals surface area contributed by atoms with Gasteiger partial charge in [-0.05, 0) is 19.4 Å². The van der Waals surface area contributed by atoms with Crippen LogP contribution in [0.4, 0.5) is 0 Å². The third-order valence-corrected chi connectivity index (χ3v) is 3.65. The second-order valence-electron chi connectivity index (χ2n) is 4.51. The molecule has 2 rings (SSSR count). The molecule has 0 aliphatic rings. The first-order chi connectivity index (χ1) is 9.58. The average Bonchev–Trinajstić information content (AvgIpc) is 2.44. The SMILES string of the molecule is Cc1cc(C)cc(CSc2cnc(/C(N)=N/O)cn2)c1. The van der Waals surface area contributed by atoms with Crippen molar-refractivity contribution in [3.8, 4) is 0 Å². The third kappa shape index (κ3) is 3.71. The number of nitrogens with two attached hydrogens (primary N) is 1. The molecule has 0 aliphatic carbocycles. The van der Waals surface area contributed by atoms with Crippen LogP contribution in [0.2, 0.25) is 0 Å². The minimum Gasteiger partial charge on any atom is -0.409 e. The summed E-state index contributed by atoms with van der Waals surface area (Å²) in [6, 6.07) is 6.48. The van der Waals surface area contributed by atoms with E-state index in [0.29, 0.717) is 5.69 Å². The molecule has 0 amide bonds. The van der Waals surface area contributed by atoms with Gasteiger partial charge >= 0.3 is 0 Å². The standard InChI is InChI=1S/C14H16N4OS/c1-9-3-10(2)5-11(4-9)8-20-13-7-16-12(6-17-13)14(15)18-19/h3-7,19H,8H2,1-2H3,(H2,15,18). The van der Waals surface area contributed by atoms with E-state index >= 15 is 0 Å². The van der Waals surface area contributed by atoms with Gasteiger partial charge in [-0.3, -0.25) is 0 Å². The van der Waals surface area contributed by atoms with E-state index < -0.39 is 0 Å². The molecule has 0 aliphatic heterocycles. The largest absolute Gasteiger partial charge is 0.409 e. The van der Waals surface area contributed by atoms with Gasteiger partial charge in [0, 0.05) is 5.75 Å². The number of nitrogens with zero attached hydrogens (tertiary/aromatic N) is 3. The van der Waals surface area contributed by atoms with Crippen molar-refractivity contribution >= 4 is 17.6 Å². The lowest BCUT2D eigenvalue weighted by Gasteiger charge is -2.05. The Labute approximate surface area is 121 Å². The van der Waals surface area contributed by atoms with Gasteiger partial charge in [0.05, 0.1) is 12.4 Å². The number of hydrogen-bond donors (Lipinski definition) is 2. The van der Waals surface area contributed by atoms with Crippen LogP contribution in [0.5, 0.6) is 0 Å². The summed E-state index contributed by atoms with van der Waals surface area (Å²) < 4.78 is 0. The summed E-state index contributed by atoms with van der Waals surface area (Å²) in [5.74, 6) is 0.795. The van der Waals surface area contributed by atoms with Crippen LogP contribution in [-0.2, 0) is 5.75 Å². The zero-order valence-corrected chi connectivity index (χ0v) is 12.2. The van der Waals surface area contributed by atoms with Crippen LogP contribution in [0, 0.1) is 13.8 Å². The minimum absolute atomic E-state index is 0.0386. The average molecular weight is 288 g/mol. The number of benzene rings is 1. The Morgan fingerprint density at radius 1 is 1.20 bits per heavy atom. The summed E-state index contributed by atoms with van der Waals surface area (Å²) in [5.41, 5.74) is 9.57. The van der Waals surface area contributed by atoms with Gasteiger partial charge in [0.2, 0.25) is 0 Å². The number of oxime groups is 1. The summed E-state index contributed by atoms with van der Waals surface area (Å²) >= 11 is 1.60. The van der Waals surface area contributed by atoms with E-state index in [9.17, 15) is 0 Å². The predicted octanol–water partition coefficient (Wildman–Crippen LogP) is 2.48. The summed E-state index contributed by atoms with van der Waals surface area (Å²) in [5, 5.41) is 12.2. The molecule has 104 valence electrons. The number of aromatic nitrogens is 2. The number of aryl methyl sites for hydroxylation is 2. The van der Waals surface area contributed by atoms with Crippen molar-refractivity contribution in [3.63, 3.8) is 0 Å². The molecule has 0 fully saturated rings. The zero-order valence-electron chi connectivity index (χ0n) is 11.4. The Bertz CT molecular complexity index is 605. The Morgan fingerprint density at radius 2 is 1.90 bits per heavy atom. The maximum atomic E-state index is 8.55. The molecule has 0 unspecified atom stereocenters. The fourth-order valence-corrected chi connectivity index (χ4v) is 2.62. The lowest BCUT2D eigenvalue weighted by Crippen LogP contribution is -2.15. The Balaban J connectivity index is 2.04. The highest BCUT2D eigenvalue weighted by Gasteiger charge is 2.03. The monoisotopic (exact) mass is 288 g/mol. The molecule has 1 aromatic heterocycles. The summed E-state index contributed by atoms with van der Waals surface area (Å²) in [7, 11) is 0. The van der Waals surface area contributed by atoms with E-state index in [-0.39, 0.29) is 5.84 Å². The van der Waals surface area contributed by atoms with Crippen LogP contribution in [-0.4, -0.2) is 21.0 Å². The van der Waals surface area contributed by atoms with Crippen LogP contribution < -0.4 is 5.73 Å². The van der Waals surface area contributed by atoms with Gasteiger partial charge < -0.3 is 10.9 Å². The fourth-order valence-electron chi connectivity index (χ4n) is 1.88.